The standard InChI is InChI=1S/C23H25ClN2O/c1-3-14(2)25-23(27)19-12-7-11-17-15-9-6-10-16(15)21(26-22(17)19)18-8-4-5-13-20(18)24/h4-9,11-16,21,26H,3,10H2,1-2H3,(H,25,27). The van der Waals surface area contributed by atoms with Gasteiger partial charge in [-0.2, -0.15) is 0 Å². The van der Waals surface area contributed by atoms with E-state index in [-0.39, 0.29) is 18.0 Å². The number of amides is 1. The third kappa shape index (κ3) is 3.25. The third-order valence-electron chi connectivity index (χ3n) is 5.87. The first-order valence-corrected chi connectivity index (χ1v) is 10.1. The van der Waals surface area contributed by atoms with E-state index in [9.17, 15) is 4.79 Å². The van der Waals surface area contributed by atoms with E-state index < -0.39 is 0 Å². The summed E-state index contributed by atoms with van der Waals surface area (Å²) in [5, 5.41) is 7.55. The first-order chi connectivity index (χ1) is 13.1. The smallest absolute Gasteiger partial charge is 0.253 e. The van der Waals surface area contributed by atoms with Crippen molar-refractivity contribution >= 4 is 23.2 Å². The van der Waals surface area contributed by atoms with E-state index >= 15 is 0 Å². The second-order valence-electron chi connectivity index (χ2n) is 7.55. The van der Waals surface area contributed by atoms with Crippen LogP contribution >= 0.6 is 11.6 Å². The maximum absolute atomic E-state index is 12.9. The average Bonchev–Trinajstić information content (AvgIpc) is 3.17. The second kappa shape index (κ2) is 7.40. The molecule has 2 aromatic rings. The molecule has 140 valence electrons. The Hall–Kier alpha value is -2.26. The van der Waals surface area contributed by atoms with Crippen LogP contribution in [0.3, 0.4) is 0 Å². The van der Waals surface area contributed by atoms with E-state index in [1.165, 1.54) is 5.56 Å². The van der Waals surface area contributed by atoms with Crippen LogP contribution in [0.25, 0.3) is 0 Å². The minimum Gasteiger partial charge on any atom is -0.377 e. The Kier molecular flexibility index (Phi) is 4.96. The monoisotopic (exact) mass is 380 g/mol. The zero-order chi connectivity index (χ0) is 19.0. The van der Waals surface area contributed by atoms with Gasteiger partial charge < -0.3 is 10.6 Å². The number of carbonyl (C=O) groups excluding carboxylic acids is 1. The summed E-state index contributed by atoms with van der Waals surface area (Å²) in [4.78, 5) is 12.9. The number of para-hydroxylation sites is 1. The molecule has 0 aromatic heterocycles. The van der Waals surface area contributed by atoms with Gasteiger partial charge in [0, 0.05) is 17.0 Å². The highest BCUT2D eigenvalue weighted by molar-refractivity contribution is 6.31. The van der Waals surface area contributed by atoms with Gasteiger partial charge in [0.15, 0.2) is 0 Å². The highest BCUT2D eigenvalue weighted by Gasteiger charge is 2.39. The molecule has 4 atom stereocenters. The summed E-state index contributed by atoms with van der Waals surface area (Å²) in [6.45, 7) is 4.11. The molecule has 0 saturated heterocycles. The number of rotatable bonds is 4. The molecule has 1 aliphatic heterocycles. The molecular formula is C23H25ClN2O. The Morgan fingerprint density at radius 2 is 2.00 bits per heavy atom. The highest BCUT2D eigenvalue weighted by Crippen LogP contribution is 2.51. The van der Waals surface area contributed by atoms with Crippen LogP contribution in [0.4, 0.5) is 5.69 Å². The van der Waals surface area contributed by atoms with Crippen LogP contribution in [-0.2, 0) is 0 Å². The lowest BCUT2D eigenvalue weighted by atomic mass is 9.76. The van der Waals surface area contributed by atoms with Gasteiger partial charge in [0.2, 0.25) is 0 Å². The fourth-order valence-electron chi connectivity index (χ4n) is 4.25. The van der Waals surface area contributed by atoms with Crippen molar-refractivity contribution in [2.45, 2.75) is 44.7 Å². The third-order valence-corrected chi connectivity index (χ3v) is 6.22. The van der Waals surface area contributed by atoms with Crippen molar-refractivity contribution in [3.05, 3.63) is 76.3 Å². The molecule has 1 amide bonds. The van der Waals surface area contributed by atoms with Crippen molar-refractivity contribution in [2.24, 2.45) is 5.92 Å². The van der Waals surface area contributed by atoms with Crippen LogP contribution in [-0.4, -0.2) is 11.9 Å². The summed E-state index contributed by atoms with van der Waals surface area (Å²) in [7, 11) is 0. The fourth-order valence-corrected chi connectivity index (χ4v) is 4.50. The molecule has 2 aromatic carbocycles. The first kappa shape index (κ1) is 18.1. The van der Waals surface area contributed by atoms with Gasteiger partial charge in [0.25, 0.3) is 5.91 Å². The Morgan fingerprint density at radius 3 is 2.78 bits per heavy atom. The van der Waals surface area contributed by atoms with Gasteiger partial charge in [-0.1, -0.05) is 61.0 Å². The number of allylic oxidation sites excluding steroid dienone is 2. The van der Waals surface area contributed by atoms with Gasteiger partial charge in [-0.3, -0.25) is 4.79 Å². The van der Waals surface area contributed by atoms with E-state index in [1.54, 1.807) is 0 Å². The van der Waals surface area contributed by atoms with E-state index in [0.717, 1.165) is 29.1 Å². The lowest BCUT2D eigenvalue weighted by molar-refractivity contribution is 0.0939. The Balaban J connectivity index is 1.77. The summed E-state index contributed by atoms with van der Waals surface area (Å²) in [6, 6.07) is 14.3. The number of nitrogens with one attached hydrogen (secondary N) is 2. The predicted octanol–water partition coefficient (Wildman–Crippen LogP) is 5.69. The predicted molar refractivity (Wildman–Crippen MR) is 111 cm³/mol. The van der Waals surface area contributed by atoms with Crippen molar-refractivity contribution in [3.8, 4) is 0 Å². The van der Waals surface area contributed by atoms with E-state index in [4.69, 9.17) is 11.6 Å². The molecule has 4 unspecified atom stereocenters. The molecule has 4 heteroatoms. The average molecular weight is 381 g/mol. The van der Waals surface area contributed by atoms with Crippen LogP contribution in [0.1, 0.15) is 60.1 Å². The largest absolute Gasteiger partial charge is 0.377 e. The molecule has 3 nitrogen and oxygen atoms in total. The van der Waals surface area contributed by atoms with Crippen LogP contribution in [0.2, 0.25) is 5.02 Å². The quantitative estimate of drug-likeness (QED) is 0.668. The minimum atomic E-state index is -0.0213. The summed E-state index contributed by atoms with van der Waals surface area (Å²) < 4.78 is 0. The molecule has 1 heterocycles. The van der Waals surface area contributed by atoms with Crippen molar-refractivity contribution in [1.82, 2.24) is 5.32 Å². The molecule has 4 rings (SSSR count). The second-order valence-corrected chi connectivity index (χ2v) is 7.96. The maximum Gasteiger partial charge on any atom is 0.253 e. The van der Waals surface area contributed by atoms with Crippen LogP contribution in [0, 0.1) is 5.92 Å². The van der Waals surface area contributed by atoms with Gasteiger partial charge in [-0.25, -0.2) is 0 Å². The normalized spacial score (nSPS) is 23.9. The molecule has 0 fully saturated rings. The van der Waals surface area contributed by atoms with E-state index in [0.29, 0.717) is 17.4 Å². The van der Waals surface area contributed by atoms with Gasteiger partial charge in [0.1, 0.15) is 0 Å². The topological polar surface area (TPSA) is 41.1 Å². The highest BCUT2D eigenvalue weighted by atomic mass is 35.5. The molecular weight excluding hydrogens is 356 g/mol. The van der Waals surface area contributed by atoms with Crippen molar-refractivity contribution in [2.75, 3.05) is 5.32 Å². The number of hydrogen-bond donors (Lipinski definition) is 2. The molecule has 0 saturated carbocycles. The minimum absolute atomic E-state index is 0.0213. The molecule has 0 radical (unpaired) electrons. The number of halogens is 1. The number of fused-ring (bicyclic) bond motifs is 3. The zero-order valence-electron chi connectivity index (χ0n) is 15.7. The van der Waals surface area contributed by atoms with Crippen molar-refractivity contribution in [3.63, 3.8) is 0 Å². The number of carbonyl (C=O) groups is 1. The summed E-state index contributed by atoms with van der Waals surface area (Å²) >= 11 is 6.53. The molecule has 1 aliphatic carbocycles. The van der Waals surface area contributed by atoms with Crippen LogP contribution < -0.4 is 10.6 Å². The van der Waals surface area contributed by atoms with Gasteiger partial charge in [-0.05, 0) is 48.9 Å². The fraction of sp³-hybridized carbons (Fsp3) is 0.348. The summed E-state index contributed by atoms with van der Waals surface area (Å²) in [5.41, 5.74) is 3.95. The molecule has 27 heavy (non-hydrogen) atoms. The Bertz CT molecular complexity index is 892. The maximum atomic E-state index is 12.9. The molecule has 0 spiro atoms. The Labute approximate surface area is 165 Å². The number of hydrogen-bond acceptors (Lipinski definition) is 2. The van der Waals surface area contributed by atoms with Gasteiger partial charge in [-0.15, -0.1) is 0 Å². The zero-order valence-corrected chi connectivity index (χ0v) is 16.5. The van der Waals surface area contributed by atoms with Crippen molar-refractivity contribution in [1.29, 1.82) is 0 Å². The van der Waals surface area contributed by atoms with Crippen LogP contribution in [0.15, 0.2) is 54.6 Å². The molecule has 2 N–H and O–H groups in total. The van der Waals surface area contributed by atoms with Gasteiger partial charge in [0.05, 0.1) is 17.3 Å². The van der Waals surface area contributed by atoms with E-state index in [2.05, 4.69) is 41.8 Å². The number of benzene rings is 2. The SMILES string of the molecule is CCC(C)NC(=O)c1cccc2c1NC(c1ccccc1Cl)C1CC=CC21. The van der Waals surface area contributed by atoms with Crippen LogP contribution in [0.5, 0.6) is 0 Å². The Morgan fingerprint density at radius 1 is 1.22 bits per heavy atom. The first-order valence-electron chi connectivity index (χ1n) is 9.71. The summed E-state index contributed by atoms with van der Waals surface area (Å²) in [6.07, 6.45) is 6.45. The van der Waals surface area contributed by atoms with Crippen molar-refractivity contribution < 1.29 is 4.79 Å². The lowest BCUT2D eigenvalue weighted by Crippen LogP contribution is -2.35. The molecule has 2 aliphatic rings. The van der Waals surface area contributed by atoms with E-state index in [1.807, 2.05) is 37.3 Å². The lowest BCUT2D eigenvalue weighted by Gasteiger charge is -2.38. The summed E-state index contributed by atoms with van der Waals surface area (Å²) in [5.74, 6) is 0.691. The molecule has 0 bridgehead atoms. The van der Waals surface area contributed by atoms with Gasteiger partial charge >= 0.3 is 0 Å². The number of anilines is 1.